The van der Waals surface area contributed by atoms with Gasteiger partial charge in [-0.05, 0) is 29.3 Å². The summed E-state index contributed by atoms with van der Waals surface area (Å²) in [6.45, 7) is 2.49. The van der Waals surface area contributed by atoms with E-state index in [-0.39, 0.29) is 6.10 Å². The van der Waals surface area contributed by atoms with E-state index >= 15 is 0 Å². The molecule has 3 aromatic rings. The quantitative estimate of drug-likeness (QED) is 0.675. The van der Waals surface area contributed by atoms with Crippen LogP contribution in [0, 0.1) is 0 Å². The lowest BCUT2D eigenvalue weighted by atomic mass is 10.0. The molecule has 1 aromatic heterocycles. The molecule has 0 spiro atoms. The fourth-order valence-corrected chi connectivity index (χ4v) is 3.08. The molecule has 1 fully saturated rings. The molecule has 4 rings (SSSR count). The van der Waals surface area contributed by atoms with Gasteiger partial charge in [0.15, 0.2) is 0 Å². The lowest BCUT2D eigenvalue weighted by molar-refractivity contribution is 0.0277. The highest BCUT2D eigenvalue weighted by Gasteiger charge is 2.15. The van der Waals surface area contributed by atoms with Crippen LogP contribution >= 0.6 is 0 Å². The molecule has 2 aromatic carbocycles. The maximum Gasteiger partial charge on any atom is 0.248 e. The van der Waals surface area contributed by atoms with Gasteiger partial charge in [-0.25, -0.2) is 0 Å². The highest BCUT2D eigenvalue weighted by atomic mass is 16.5. The standard InChI is InChI=1S/C20H20N4O2/c21-20(25)16-7-3-14(4-8-16)18-11-17(23-24-18)13-1-5-15(6-2-13)19-12-22-9-10-26-19/h1-8,11,19,22H,9-10,12H2,(H2,21,25)(H,23,24)/t19-/m1/s1. The van der Waals surface area contributed by atoms with Crippen molar-refractivity contribution in [3.8, 4) is 22.5 Å². The summed E-state index contributed by atoms with van der Waals surface area (Å²) in [6.07, 6.45) is 0.110. The lowest BCUT2D eigenvalue weighted by Gasteiger charge is -2.24. The second-order valence-corrected chi connectivity index (χ2v) is 6.29. The monoisotopic (exact) mass is 348 g/mol. The molecule has 1 saturated heterocycles. The smallest absolute Gasteiger partial charge is 0.248 e. The number of carbonyl (C=O) groups excluding carboxylic acids is 1. The highest BCUT2D eigenvalue weighted by Crippen LogP contribution is 2.26. The zero-order valence-electron chi connectivity index (χ0n) is 14.2. The number of primary amides is 1. The summed E-state index contributed by atoms with van der Waals surface area (Å²) in [6, 6.07) is 17.4. The first-order chi connectivity index (χ1) is 12.7. The van der Waals surface area contributed by atoms with E-state index in [9.17, 15) is 4.79 Å². The number of nitrogens with two attached hydrogens (primary N) is 1. The number of morpholine rings is 1. The molecular weight excluding hydrogens is 328 g/mol. The van der Waals surface area contributed by atoms with E-state index in [0.29, 0.717) is 5.56 Å². The number of rotatable bonds is 4. The van der Waals surface area contributed by atoms with Crippen LogP contribution in [0.4, 0.5) is 0 Å². The second kappa shape index (κ2) is 7.11. The fourth-order valence-electron chi connectivity index (χ4n) is 3.08. The first-order valence-corrected chi connectivity index (χ1v) is 8.59. The Balaban J connectivity index is 1.53. The zero-order chi connectivity index (χ0) is 17.9. The Morgan fingerprint density at radius 3 is 2.46 bits per heavy atom. The summed E-state index contributed by atoms with van der Waals surface area (Å²) < 4.78 is 5.78. The third-order valence-corrected chi connectivity index (χ3v) is 4.56. The molecule has 6 heteroatoms. The van der Waals surface area contributed by atoms with Crippen LogP contribution in [0.2, 0.25) is 0 Å². The van der Waals surface area contributed by atoms with Crippen LogP contribution in [-0.4, -0.2) is 35.8 Å². The van der Waals surface area contributed by atoms with Gasteiger partial charge < -0.3 is 15.8 Å². The Morgan fingerprint density at radius 2 is 1.81 bits per heavy atom. The van der Waals surface area contributed by atoms with E-state index in [1.54, 1.807) is 12.1 Å². The molecule has 1 aliphatic rings. The van der Waals surface area contributed by atoms with E-state index in [4.69, 9.17) is 10.5 Å². The average molecular weight is 348 g/mol. The van der Waals surface area contributed by atoms with Crippen molar-refractivity contribution in [2.24, 2.45) is 5.73 Å². The van der Waals surface area contributed by atoms with E-state index in [2.05, 4.69) is 39.8 Å². The number of aromatic amines is 1. The Bertz CT molecular complexity index is 894. The summed E-state index contributed by atoms with van der Waals surface area (Å²) in [4.78, 5) is 11.2. The first kappa shape index (κ1) is 16.5. The first-order valence-electron chi connectivity index (χ1n) is 8.59. The molecule has 0 radical (unpaired) electrons. The Labute approximate surface area is 151 Å². The summed E-state index contributed by atoms with van der Waals surface area (Å²) in [7, 11) is 0. The summed E-state index contributed by atoms with van der Waals surface area (Å²) >= 11 is 0. The molecule has 1 aliphatic heterocycles. The molecule has 1 atom stereocenters. The van der Waals surface area contributed by atoms with Gasteiger partial charge >= 0.3 is 0 Å². The van der Waals surface area contributed by atoms with Gasteiger partial charge in [-0.1, -0.05) is 36.4 Å². The van der Waals surface area contributed by atoms with E-state index in [1.807, 2.05) is 18.2 Å². The zero-order valence-corrected chi connectivity index (χ0v) is 14.2. The number of nitrogens with zero attached hydrogens (tertiary/aromatic N) is 1. The molecule has 0 aliphatic carbocycles. The van der Waals surface area contributed by atoms with Crippen molar-refractivity contribution in [2.75, 3.05) is 19.7 Å². The van der Waals surface area contributed by atoms with Crippen LogP contribution < -0.4 is 11.1 Å². The van der Waals surface area contributed by atoms with Crippen molar-refractivity contribution < 1.29 is 9.53 Å². The lowest BCUT2D eigenvalue weighted by Crippen LogP contribution is -2.33. The topological polar surface area (TPSA) is 93.0 Å². The van der Waals surface area contributed by atoms with Crippen LogP contribution in [0.5, 0.6) is 0 Å². The van der Waals surface area contributed by atoms with Crippen molar-refractivity contribution in [3.63, 3.8) is 0 Å². The molecule has 0 saturated carbocycles. The van der Waals surface area contributed by atoms with Crippen molar-refractivity contribution in [2.45, 2.75) is 6.10 Å². The largest absolute Gasteiger partial charge is 0.371 e. The second-order valence-electron chi connectivity index (χ2n) is 6.29. The van der Waals surface area contributed by atoms with Gasteiger partial charge in [0.2, 0.25) is 5.91 Å². The summed E-state index contributed by atoms with van der Waals surface area (Å²) in [5.74, 6) is -0.434. The molecule has 132 valence electrons. The molecular formula is C20H20N4O2. The van der Waals surface area contributed by atoms with E-state index < -0.39 is 5.91 Å². The van der Waals surface area contributed by atoms with Crippen LogP contribution in [0.15, 0.2) is 54.6 Å². The number of H-pyrrole nitrogens is 1. The average Bonchev–Trinajstić information content (AvgIpc) is 3.19. The van der Waals surface area contributed by atoms with Gasteiger partial charge in [-0.15, -0.1) is 0 Å². The number of carbonyl (C=O) groups is 1. The third kappa shape index (κ3) is 3.37. The minimum Gasteiger partial charge on any atom is -0.371 e. The minimum atomic E-state index is -0.434. The molecule has 6 nitrogen and oxygen atoms in total. The highest BCUT2D eigenvalue weighted by molar-refractivity contribution is 5.93. The molecule has 2 heterocycles. The Kier molecular flexibility index (Phi) is 4.51. The van der Waals surface area contributed by atoms with Crippen molar-refractivity contribution in [1.29, 1.82) is 0 Å². The number of ether oxygens (including phenoxy) is 1. The van der Waals surface area contributed by atoms with Crippen molar-refractivity contribution in [3.05, 3.63) is 65.7 Å². The maximum absolute atomic E-state index is 11.2. The van der Waals surface area contributed by atoms with Gasteiger partial charge in [-0.3, -0.25) is 9.89 Å². The molecule has 4 N–H and O–H groups in total. The van der Waals surface area contributed by atoms with Gasteiger partial charge in [-0.2, -0.15) is 5.10 Å². The van der Waals surface area contributed by atoms with Crippen LogP contribution in [0.1, 0.15) is 22.0 Å². The van der Waals surface area contributed by atoms with Crippen LogP contribution in [0.3, 0.4) is 0 Å². The number of benzene rings is 2. The van der Waals surface area contributed by atoms with Gasteiger partial charge in [0.25, 0.3) is 0 Å². The number of amides is 1. The molecule has 0 unspecified atom stereocenters. The SMILES string of the molecule is NC(=O)c1ccc(-c2cc(-c3ccc([C@H]4CNCCO4)cc3)[nH]n2)cc1. The molecule has 0 bridgehead atoms. The number of hydrogen-bond donors (Lipinski definition) is 3. The predicted octanol–water partition coefficient (Wildman–Crippen LogP) is 2.50. The maximum atomic E-state index is 11.2. The van der Waals surface area contributed by atoms with Gasteiger partial charge in [0.05, 0.1) is 24.1 Å². The number of aromatic nitrogens is 2. The number of hydrogen-bond acceptors (Lipinski definition) is 4. The van der Waals surface area contributed by atoms with E-state index in [1.165, 1.54) is 5.56 Å². The van der Waals surface area contributed by atoms with Gasteiger partial charge in [0.1, 0.15) is 0 Å². The Morgan fingerprint density at radius 1 is 1.08 bits per heavy atom. The normalized spacial score (nSPS) is 17.2. The van der Waals surface area contributed by atoms with Crippen molar-refractivity contribution in [1.82, 2.24) is 15.5 Å². The van der Waals surface area contributed by atoms with Crippen LogP contribution in [-0.2, 0) is 4.74 Å². The molecule has 26 heavy (non-hydrogen) atoms. The Hall–Kier alpha value is -2.96. The number of nitrogens with one attached hydrogen (secondary N) is 2. The van der Waals surface area contributed by atoms with E-state index in [0.717, 1.165) is 42.2 Å². The third-order valence-electron chi connectivity index (χ3n) is 4.56. The predicted molar refractivity (Wildman–Crippen MR) is 99.5 cm³/mol. The van der Waals surface area contributed by atoms with Crippen LogP contribution in [0.25, 0.3) is 22.5 Å². The molecule has 1 amide bonds. The summed E-state index contributed by atoms with van der Waals surface area (Å²) in [5.41, 5.74) is 10.7. The fraction of sp³-hybridized carbons (Fsp3) is 0.200. The summed E-state index contributed by atoms with van der Waals surface area (Å²) in [5, 5.41) is 10.8. The minimum absolute atomic E-state index is 0.110. The van der Waals surface area contributed by atoms with Crippen molar-refractivity contribution >= 4 is 5.91 Å². The van der Waals surface area contributed by atoms with Gasteiger partial charge in [0, 0.05) is 24.2 Å².